The van der Waals surface area contributed by atoms with Crippen molar-refractivity contribution in [2.75, 3.05) is 5.73 Å². The molecule has 0 bridgehead atoms. The van der Waals surface area contributed by atoms with Crippen LogP contribution in [0.3, 0.4) is 0 Å². The lowest BCUT2D eigenvalue weighted by Crippen LogP contribution is -2.33. The number of aliphatic imine (C=N–C) groups is 1. The van der Waals surface area contributed by atoms with Crippen LogP contribution >= 0.6 is 0 Å². The molecule has 2 N–H and O–H groups in total. The number of hydrogen-bond donors (Lipinski definition) is 1. The third-order valence-corrected chi connectivity index (χ3v) is 6.73. The van der Waals surface area contributed by atoms with Crippen LogP contribution in [0.25, 0.3) is 0 Å². The van der Waals surface area contributed by atoms with Crippen LogP contribution in [0.4, 0.5) is 11.5 Å². The molecule has 0 spiro atoms. The Kier molecular flexibility index (Phi) is 4.75. The van der Waals surface area contributed by atoms with Gasteiger partial charge in [-0.05, 0) is 42.2 Å². The lowest BCUT2D eigenvalue weighted by Gasteiger charge is -2.34. The topological polar surface area (TPSA) is 64.2 Å². The monoisotopic (exact) mass is 362 g/mol. The zero-order valence-corrected chi connectivity index (χ0v) is 16.7. The van der Waals surface area contributed by atoms with Crippen molar-refractivity contribution < 1.29 is 0 Å². The van der Waals surface area contributed by atoms with Crippen molar-refractivity contribution in [2.24, 2.45) is 16.3 Å². The zero-order chi connectivity index (χ0) is 19.0. The fraction of sp³-hybridized carbons (Fsp3) is 0.522. The van der Waals surface area contributed by atoms with E-state index in [1.54, 1.807) is 6.33 Å². The molecule has 2 heterocycles. The maximum Gasteiger partial charge on any atom is 0.153 e. The van der Waals surface area contributed by atoms with Crippen molar-refractivity contribution in [1.29, 1.82) is 0 Å². The molecule has 2 aromatic rings. The summed E-state index contributed by atoms with van der Waals surface area (Å²) >= 11 is 0. The van der Waals surface area contributed by atoms with Crippen LogP contribution in [0.2, 0.25) is 0 Å². The molecule has 4 heteroatoms. The second kappa shape index (κ2) is 7.06. The molecule has 4 rings (SSSR count). The molecule has 1 aromatic carbocycles. The Labute approximate surface area is 162 Å². The van der Waals surface area contributed by atoms with Gasteiger partial charge in [0.2, 0.25) is 0 Å². The number of rotatable bonds is 3. The molecular weight excluding hydrogens is 332 g/mol. The first-order valence-electron chi connectivity index (χ1n) is 10.3. The minimum atomic E-state index is -0.0322. The van der Waals surface area contributed by atoms with Crippen LogP contribution in [0.5, 0.6) is 0 Å². The number of hydrogen-bond acceptors (Lipinski definition) is 4. The summed E-state index contributed by atoms with van der Waals surface area (Å²) in [7, 11) is 0. The molecule has 1 aliphatic heterocycles. The van der Waals surface area contributed by atoms with Gasteiger partial charge in [0.1, 0.15) is 12.0 Å². The quantitative estimate of drug-likeness (QED) is 0.790. The van der Waals surface area contributed by atoms with Crippen molar-refractivity contribution in [3.05, 3.63) is 47.4 Å². The van der Waals surface area contributed by atoms with E-state index < -0.39 is 0 Å². The van der Waals surface area contributed by atoms with Gasteiger partial charge in [0.05, 0.1) is 11.4 Å². The van der Waals surface area contributed by atoms with E-state index in [2.05, 4.69) is 55.0 Å². The number of benzene rings is 1. The van der Waals surface area contributed by atoms with E-state index in [9.17, 15) is 0 Å². The minimum absolute atomic E-state index is 0.0322. The van der Waals surface area contributed by atoms with Crippen LogP contribution in [0.1, 0.15) is 75.6 Å². The molecule has 0 saturated heterocycles. The highest BCUT2D eigenvalue weighted by Crippen LogP contribution is 2.42. The second-order valence-electron chi connectivity index (χ2n) is 8.68. The second-order valence-corrected chi connectivity index (χ2v) is 8.68. The van der Waals surface area contributed by atoms with Crippen LogP contribution in [-0.4, -0.2) is 15.7 Å². The molecule has 0 amide bonds. The Bertz CT molecular complexity index is 847. The van der Waals surface area contributed by atoms with Gasteiger partial charge in [-0.1, -0.05) is 57.9 Å². The third kappa shape index (κ3) is 3.38. The Hall–Kier alpha value is -2.23. The van der Waals surface area contributed by atoms with Gasteiger partial charge in [0.15, 0.2) is 5.82 Å². The summed E-state index contributed by atoms with van der Waals surface area (Å²) in [4.78, 5) is 13.5. The maximum absolute atomic E-state index is 6.09. The summed E-state index contributed by atoms with van der Waals surface area (Å²) in [6.45, 7) is 6.88. The standard InChI is InChI=1S/C23H30N4/c1-4-23(3)13-19-20(22(24)26-14-25-19)27-21(23)18-11-9-17(10-12-18)16-7-5-15(2)6-8-16/h9-12,14-16H,4-8,13H2,1-3H3,(H2,24,25,26). The van der Waals surface area contributed by atoms with E-state index in [4.69, 9.17) is 10.7 Å². The molecule has 2 aliphatic rings. The Morgan fingerprint density at radius 1 is 1.07 bits per heavy atom. The molecule has 1 aromatic heterocycles. The van der Waals surface area contributed by atoms with Crippen molar-refractivity contribution in [2.45, 2.75) is 65.2 Å². The molecule has 142 valence electrons. The smallest absolute Gasteiger partial charge is 0.153 e. The van der Waals surface area contributed by atoms with Gasteiger partial charge >= 0.3 is 0 Å². The van der Waals surface area contributed by atoms with Gasteiger partial charge < -0.3 is 5.73 Å². The minimum Gasteiger partial charge on any atom is -0.382 e. The third-order valence-electron chi connectivity index (χ3n) is 6.73. The molecule has 1 saturated carbocycles. The van der Waals surface area contributed by atoms with Crippen molar-refractivity contribution >= 4 is 17.2 Å². The fourth-order valence-corrected chi connectivity index (χ4v) is 4.59. The SMILES string of the molecule is CCC1(C)Cc2ncnc(N)c2N=C1c1ccc(C2CCC(C)CC2)cc1. The predicted molar refractivity (Wildman–Crippen MR) is 112 cm³/mol. The molecule has 0 radical (unpaired) electrons. The zero-order valence-electron chi connectivity index (χ0n) is 16.7. The normalized spacial score (nSPS) is 27.7. The lowest BCUT2D eigenvalue weighted by atomic mass is 9.73. The number of nitrogen functional groups attached to an aromatic ring is 1. The van der Waals surface area contributed by atoms with Crippen LogP contribution < -0.4 is 5.73 Å². The number of anilines is 1. The largest absolute Gasteiger partial charge is 0.382 e. The average molecular weight is 363 g/mol. The first-order valence-corrected chi connectivity index (χ1v) is 10.3. The number of fused-ring (bicyclic) bond motifs is 1. The van der Waals surface area contributed by atoms with Crippen LogP contribution in [-0.2, 0) is 6.42 Å². The molecule has 4 nitrogen and oxygen atoms in total. The van der Waals surface area contributed by atoms with Gasteiger partial charge in [-0.3, -0.25) is 0 Å². The molecule has 1 atom stereocenters. The van der Waals surface area contributed by atoms with Crippen molar-refractivity contribution in [3.63, 3.8) is 0 Å². The predicted octanol–water partition coefficient (Wildman–Crippen LogP) is 5.45. The highest BCUT2D eigenvalue weighted by atomic mass is 15.0. The van der Waals surface area contributed by atoms with Crippen LogP contribution in [0, 0.1) is 11.3 Å². The summed E-state index contributed by atoms with van der Waals surface area (Å²) in [5, 5.41) is 0. The highest BCUT2D eigenvalue weighted by molar-refractivity contribution is 6.07. The summed E-state index contributed by atoms with van der Waals surface area (Å²) in [5.41, 5.74) is 11.6. The van der Waals surface area contributed by atoms with Crippen LogP contribution in [0.15, 0.2) is 35.6 Å². The van der Waals surface area contributed by atoms with E-state index in [-0.39, 0.29) is 5.41 Å². The van der Waals surface area contributed by atoms with E-state index in [1.165, 1.54) is 36.8 Å². The van der Waals surface area contributed by atoms with Gasteiger partial charge in [0.25, 0.3) is 0 Å². The van der Waals surface area contributed by atoms with E-state index in [0.717, 1.165) is 35.9 Å². The Balaban J connectivity index is 1.67. The van der Waals surface area contributed by atoms with Gasteiger partial charge in [-0.2, -0.15) is 0 Å². The van der Waals surface area contributed by atoms with Gasteiger partial charge in [-0.25, -0.2) is 15.0 Å². The molecular formula is C23H30N4. The van der Waals surface area contributed by atoms with Gasteiger partial charge in [-0.15, -0.1) is 0 Å². The number of nitrogens with zero attached hydrogens (tertiary/aromatic N) is 3. The molecule has 1 unspecified atom stereocenters. The number of aromatic nitrogens is 2. The van der Waals surface area contributed by atoms with Crippen molar-refractivity contribution in [1.82, 2.24) is 9.97 Å². The first-order chi connectivity index (χ1) is 13.0. The van der Waals surface area contributed by atoms with Gasteiger partial charge in [0, 0.05) is 11.8 Å². The Morgan fingerprint density at radius 2 is 1.78 bits per heavy atom. The highest BCUT2D eigenvalue weighted by Gasteiger charge is 2.36. The summed E-state index contributed by atoms with van der Waals surface area (Å²) in [6, 6.07) is 9.14. The summed E-state index contributed by atoms with van der Waals surface area (Å²) in [6.07, 6.45) is 8.74. The molecule has 1 aliphatic carbocycles. The maximum atomic E-state index is 6.09. The summed E-state index contributed by atoms with van der Waals surface area (Å²) < 4.78 is 0. The van der Waals surface area contributed by atoms with E-state index >= 15 is 0 Å². The van der Waals surface area contributed by atoms with Crippen molar-refractivity contribution in [3.8, 4) is 0 Å². The summed E-state index contributed by atoms with van der Waals surface area (Å²) in [5.74, 6) is 2.07. The molecule has 1 fully saturated rings. The number of nitrogens with two attached hydrogens (primary N) is 1. The Morgan fingerprint density at radius 3 is 2.44 bits per heavy atom. The van der Waals surface area contributed by atoms with E-state index in [0.29, 0.717) is 11.7 Å². The average Bonchev–Trinajstić information content (AvgIpc) is 2.69. The fourth-order valence-electron chi connectivity index (χ4n) is 4.59. The first kappa shape index (κ1) is 18.1. The van der Waals surface area contributed by atoms with E-state index in [1.807, 2.05) is 0 Å². The lowest BCUT2D eigenvalue weighted by molar-refractivity contribution is 0.348. The molecule has 27 heavy (non-hydrogen) atoms.